The Morgan fingerprint density at radius 1 is 2.12 bits per heavy atom. The van der Waals surface area contributed by atoms with Gasteiger partial charge in [0.05, 0.1) is 13.4 Å². The Balaban J connectivity index is 2.77. The molecule has 0 saturated heterocycles. The molecule has 0 fully saturated rings. The molecule has 1 aromatic rings. The van der Waals surface area contributed by atoms with Crippen molar-refractivity contribution in [3.63, 3.8) is 0 Å². The van der Waals surface area contributed by atoms with Crippen LogP contribution in [-0.4, -0.2) is 16.5 Å². The first-order chi connectivity index (χ1) is 5.09. The monoisotopic (exact) mass is 117 g/mol. The number of hydrogen-bond donors (Lipinski definition) is 2. The molecule has 8 heavy (non-hydrogen) atoms. The van der Waals surface area contributed by atoms with Crippen LogP contribution in [0.2, 0.25) is 0 Å². The van der Waals surface area contributed by atoms with Crippen molar-refractivity contribution in [1.29, 1.82) is 0 Å². The molecule has 0 aliphatic rings. The van der Waals surface area contributed by atoms with Gasteiger partial charge in [-0.1, -0.05) is 0 Å². The summed E-state index contributed by atoms with van der Waals surface area (Å²) >= 11 is 0. The van der Waals surface area contributed by atoms with Gasteiger partial charge in [0.15, 0.2) is 0 Å². The van der Waals surface area contributed by atoms with Gasteiger partial charge in [-0.15, -0.1) is 0 Å². The van der Waals surface area contributed by atoms with Crippen molar-refractivity contribution in [3.05, 3.63) is 18.2 Å². The van der Waals surface area contributed by atoms with Crippen LogP contribution < -0.4 is 5.73 Å². The van der Waals surface area contributed by atoms with E-state index in [1.165, 1.54) is 0 Å². The maximum Gasteiger partial charge on any atom is 0.104 e. The molecule has 0 aliphatic heterocycles. The Morgan fingerprint density at radius 2 is 3.00 bits per heavy atom. The molecular weight excluding hydrogens is 102 g/mol. The Kier molecular flexibility index (Phi) is 0.815. The van der Waals surface area contributed by atoms with E-state index in [1.54, 1.807) is 0 Å². The zero-order chi connectivity index (χ0) is 8.43. The Morgan fingerprint density at radius 3 is 3.50 bits per heavy atom. The molecule has 1 heterocycles. The molecule has 3 heteroatoms. The molecule has 1 rings (SSSR count). The second-order valence-electron chi connectivity index (χ2n) is 1.36. The van der Waals surface area contributed by atoms with Gasteiger partial charge in [0.25, 0.3) is 0 Å². The molecule has 0 spiro atoms. The Hall–Kier alpha value is -0.830. The molecular formula is C5H9N3. The summed E-state index contributed by atoms with van der Waals surface area (Å²) < 4.78 is 21.2. The minimum atomic E-state index is -0.762. The molecule has 0 radical (unpaired) electrons. The van der Waals surface area contributed by atoms with E-state index in [1.807, 2.05) is 0 Å². The molecule has 3 N–H and O–H groups in total. The number of aromatic nitrogens is 2. The summed E-state index contributed by atoms with van der Waals surface area (Å²) in [6, 6.07) is 0. The van der Waals surface area contributed by atoms with Crippen molar-refractivity contribution >= 4 is 0 Å². The number of nitrogens with two attached hydrogens (primary N) is 1. The minimum absolute atomic E-state index is 0.0503. The standard InChI is InChI=1S/C5H9N3/c6-2-1-5-3-7-4-8-5/h3-4H,1-2,6H2,(H,7,8)/i2T,3T,4T/t2-/m0/s1. The van der Waals surface area contributed by atoms with Crippen molar-refractivity contribution in [2.24, 2.45) is 5.73 Å². The van der Waals surface area contributed by atoms with Gasteiger partial charge in [-0.05, 0) is 6.52 Å². The van der Waals surface area contributed by atoms with Gasteiger partial charge in [-0.25, -0.2) is 4.98 Å². The number of H-pyrrole nitrogens is 1. The van der Waals surface area contributed by atoms with Crippen molar-refractivity contribution in [2.45, 2.75) is 6.42 Å². The average Bonchev–Trinajstić information content (AvgIpc) is 2.09. The maximum absolute atomic E-state index is 7.21. The van der Waals surface area contributed by atoms with E-state index < -0.39 is 6.52 Å². The van der Waals surface area contributed by atoms with E-state index >= 15 is 0 Å². The van der Waals surface area contributed by atoms with E-state index in [2.05, 4.69) is 9.97 Å². The van der Waals surface area contributed by atoms with E-state index in [0.717, 1.165) is 0 Å². The zero-order valence-corrected chi connectivity index (χ0v) is 4.31. The van der Waals surface area contributed by atoms with E-state index in [4.69, 9.17) is 9.85 Å². The SMILES string of the molecule is [3H]c1nc(C[C@H]([3H])N)c([3H])[nH]1. The normalized spacial score (nSPS) is 18.9. The largest absolute Gasteiger partial charge is 0.351 e. The summed E-state index contributed by atoms with van der Waals surface area (Å²) in [6.07, 6.45) is 0.247. The minimum Gasteiger partial charge on any atom is -0.351 e. The number of aromatic amines is 1. The lowest BCUT2D eigenvalue weighted by Gasteiger charge is -1.85. The van der Waals surface area contributed by atoms with Crippen molar-refractivity contribution in [1.82, 2.24) is 9.97 Å². The maximum atomic E-state index is 7.21. The predicted octanol–water partition coefficient (Wildman–Crippen LogP) is -0.0891. The number of imidazole rings is 1. The fourth-order valence-corrected chi connectivity index (χ4v) is 0.432. The van der Waals surface area contributed by atoms with Gasteiger partial charge in [0, 0.05) is 14.0 Å². The van der Waals surface area contributed by atoms with Crippen LogP contribution in [0.15, 0.2) is 12.5 Å². The van der Waals surface area contributed by atoms with Crippen LogP contribution in [0.5, 0.6) is 0 Å². The quantitative estimate of drug-likeness (QED) is 0.569. The lowest BCUT2D eigenvalue weighted by atomic mass is 10.3. The second-order valence-corrected chi connectivity index (χ2v) is 1.36. The van der Waals surface area contributed by atoms with Crippen molar-refractivity contribution in [3.8, 4) is 0 Å². The average molecular weight is 117 g/mol. The Bertz CT molecular complexity index is 245. The molecule has 44 valence electrons. The molecule has 0 amide bonds. The smallest absolute Gasteiger partial charge is 0.104 e. The van der Waals surface area contributed by atoms with Gasteiger partial charge in [0.1, 0.15) is 1.37 Å². The van der Waals surface area contributed by atoms with Gasteiger partial charge in [0.2, 0.25) is 0 Å². The van der Waals surface area contributed by atoms with Gasteiger partial charge >= 0.3 is 0 Å². The summed E-state index contributed by atoms with van der Waals surface area (Å²) in [5.74, 6) is 0. The first-order valence-corrected chi connectivity index (χ1v) is 2.29. The number of aryl methyl sites for hydroxylation is 1. The lowest BCUT2D eigenvalue weighted by molar-refractivity contribution is 0.935. The van der Waals surface area contributed by atoms with Gasteiger partial charge in [-0.3, -0.25) is 0 Å². The van der Waals surface area contributed by atoms with Crippen molar-refractivity contribution < 1.29 is 4.11 Å². The summed E-state index contributed by atoms with van der Waals surface area (Å²) in [7, 11) is 0. The van der Waals surface area contributed by atoms with Crippen LogP contribution in [0.3, 0.4) is 0 Å². The third-order valence-electron chi connectivity index (χ3n) is 0.765. The van der Waals surface area contributed by atoms with E-state index in [9.17, 15) is 0 Å². The van der Waals surface area contributed by atoms with E-state index in [0.29, 0.717) is 5.69 Å². The molecule has 1 atom stereocenters. The second kappa shape index (κ2) is 2.47. The summed E-state index contributed by atoms with van der Waals surface area (Å²) in [6.45, 7) is -0.762. The lowest BCUT2D eigenvalue weighted by Crippen LogP contribution is -2.02. The fourth-order valence-electron chi connectivity index (χ4n) is 0.432. The van der Waals surface area contributed by atoms with E-state index in [-0.39, 0.29) is 18.9 Å². The van der Waals surface area contributed by atoms with Crippen LogP contribution in [0.25, 0.3) is 0 Å². The molecule has 0 unspecified atom stereocenters. The third-order valence-corrected chi connectivity index (χ3v) is 0.765. The molecule has 1 aromatic heterocycles. The third kappa shape index (κ3) is 1.07. The molecule has 3 nitrogen and oxygen atoms in total. The first kappa shape index (κ1) is 2.64. The van der Waals surface area contributed by atoms with Crippen LogP contribution in [-0.2, 0) is 6.42 Å². The molecule has 0 aliphatic carbocycles. The van der Waals surface area contributed by atoms with Crippen LogP contribution in [0.4, 0.5) is 0 Å². The van der Waals surface area contributed by atoms with Gasteiger partial charge in [-0.2, -0.15) is 0 Å². The number of rotatable bonds is 2. The highest BCUT2D eigenvalue weighted by atomic mass is 14.9. The molecule has 0 bridgehead atoms. The predicted molar refractivity (Wildman–Crippen MR) is 31.3 cm³/mol. The summed E-state index contributed by atoms with van der Waals surface area (Å²) in [4.78, 5) is 6.07. The number of nitrogens with one attached hydrogen (secondary N) is 1. The fraction of sp³-hybridized carbons (Fsp3) is 0.400. The molecule has 0 saturated carbocycles. The first-order valence-electron chi connectivity index (χ1n) is 3.87. The topological polar surface area (TPSA) is 54.7 Å². The highest BCUT2D eigenvalue weighted by Crippen LogP contribution is 1.88. The summed E-state index contributed by atoms with van der Waals surface area (Å²) in [5, 5.41) is 0. The van der Waals surface area contributed by atoms with Crippen LogP contribution >= 0.6 is 0 Å². The number of nitrogens with zero attached hydrogens (tertiary/aromatic N) is 1. The summed E-state index contributed by atoms with van der Waals surface area (Å²) in [5.41, 5.74) is 5.56. The number of hydrogen-bond acceptors (Lipinski definition) is 2. The molecule has 0 aromatic carbocycles. The van der Waals surface area contributed by atoms with Crippen LogP contribution in [0.1, 0.15) is 9.81 Å². The zero-order valence-electron chi connectivity index (χ0n) is 7.31. The van der Waals surface area contributed by atoms with Crippen LogP contribution in [0, 0.1) is 0 Å². The van der Waals surface area contributed by atoms with Crippen molar-refractivity contribution in [2.75, 3.05) is 6.52 Å². The highest BCUT2D eigenvalue weighted by Gasteiger charge is 1.87. The highest BCUT2D eigenvalue weighted by molar-refractivity contribution is 4.93. The van der Waals surface area contributed by atoms with Gasteiger partial charge < -0.3 is 10.7 Å². The Labute approximate surface area is 52.1 Å².